The van der Waals surface area contributed by atoms with Gasteiger partial charge < -0.3 is 10.6 Å². The molecule has 0 atom stereocenters. The van der Waals surface area contributed by atoms with Crippen molar-refractivity contribution in [1.82, 2.24) is 0 Å². The Kier molecular flexibility index (Phi) is 5.75. The van der Waals surface area contributed by atoms with Crippen LogP contribution in [0.3, 0.4) is 0 Å². The quantitative estimate of drug-likeness (QED) is 0.583. The number of imide groups is 1. The summed E-state index contributed by atoms with van der Waals surface area (Å²) in [7, 11) is 0. The number of rotatable bonds is 5. The van der Waals surface area contributed by atoms with Crippen LogP contribution in [0.1, 0.15) is 23.6 Å². The number of aryl methyl sites for hydroxylation is 1. The SMILES string of the molecule is CC(=O)Nc1ccc(C2=C(Nc3cccc(C)c3)C(=O)N(c3ccc(C#N)cc3)C2=O)cc1. The molecule has 0 aliphatic carbocycles. The Balaban J connectivity index is 1.78. The van der Waals surface area contributed by atoms with Crippen LogP contribution in [0.25, 0.3) is 5.57 Å². The van der Waals surface area contributed by atoms with Crippen LogP contribution in [0, 0.1) is 18.3 Å². The van der Waals surface area contributed by atoms with E-state index in [1.165, 1.54) is 6.92 Å². The predicted octanol–water partition coefficient (Wildman–Crippen LogP) is 4.22. The first kappa shape index (κ1) is 21.5. The van der Waals surface area contributed by atoms with Gasteiger partial charge in [-0.15, -0.1) is 0 Å². The normalized spacial score (nSPS) is 13.2. The van der Waals surface area contributed by atoms with E-state index in [4.69, 9.17) is 5.26 Å². The van der Waals surface area contributed by atoms with Gasteiger partial charge in [-0.05, 0) is 66.6 Å². The van der Waals surface area contributed by atoms with Gasteiger partial charge in [0.05, 0.1) is 22.9 Å². The lowest BCUT2D eigenvalue weighted by Crippen LogP contribution is -2.32. The van der Waals surface area contributed by atoms with Crippen molar-refractivity contribution in [2.24, 2.45) is 0 Å². The van der Waals surface area contributed by atoms with Crippen LogP contribution >= 0.6 is 0 Å². The molecule has 7 nitrogen and oxygen atoms in total. The summed E-state index contributed by atoms with van der Waals surface area (Å²) in [5.41, 5.74) is 3.98. The number of anilines is 3. The van der Waals surface area contributed by atoms with Gasteiger partial charge in [0.15, 0.2) is 0 Å². The Bertz CT molecular complexity index is 1330. The van der Waals surface area contributed by atoms with Crippen molar-refractivity contribution in [1.29, 1.82) is 5.26 Å². The van der Waals surface area contributed by atoms with Crippen LogP contribution in [0.4, 0.5) is 17.1 Å². The van der Waals surface area contributed by atoms with E-state index in [-0.39, 0.29) is 17.2 Å². The molecule has 0 bridgehead atoms. The molecule has 162 valence electrons. The topological polar surface area (TPSA) is 102 Å². The van der Waals surface area contributed by atoms with E-state index in [0.29, 0.717) is 28.2 Å². The van der Waals surface area contributed by atoms with E-state index < -0.39 is 11.8 Å². The third kappa shape index (κ3) is 4.36. The van der Waals surface area contributed by atoms with Gasteiger partial charge in [0.25, 0.3) is 11.8 Å². The largest absolute Gasteiger partial charge is 0.350 e. The minimum absolute atomic E-state index is 0.155. The number of hydrogen-bond acceptors (Lipinski definition) is 5. The predicted molar refractivity (Wildman–Crippen MR) is 126 cm³/mol. The average molecular weight is 436 g/mol. The van der Waals surface area contributed by atoms with Crippen molar-refractivity contribution < 1.29 is 14.4 Å². The zero-order chi connectivity index (χ0) is 23.5. The second-order valence-corrected chi connectivity index (χ2v) is 7.61. The van der Waals surface area contributed by atoms with Gasteiger partial charge in [-0.2, -0.15) is 5.26 Å². The molecule has 0 aromatic heterocycles. The number of carbonyl (C=O) groups is 3. The smallest absolute Gasteiger partial charge is 0.282 e. The van der Waals surface area contributed by atoms with E-state index in [0.717, 1.165) is 10.5 Å². The monoisotopic (exact) mass is 436 g/mol. The minimum Gasteiger partial charge on any atom is -0.350 e. The molecular weight excluding hydrogens is 416 g/mol. The van der Waals surface area contributed by atoms with Crippen LogP contribution < -0.4 is 15.5 Å². The number of benzene rings is 3. The standard InChI is InChI=1S/C26H20N4O3/c1-16-4-3-5-21(14-16)29-24-23(19-8-10-20(11-9-19)28-17(2)31)25(32)30(26(24)33)22-12-6-18(15-27)7-13-22/h3-14,29H,1-2H3,(H,28,31). The van der Waals surface area contributed by atoms with Gasteiger partial charge in [0.1, 0.15) is 5.70 Å². The first-order valence-electron chi connectivity index (χ1n) is 10.2. The molecular formula is C26H20N4O3. The summed E-state index contributed by atoms with van der Waals surface area (Å²) in [6.07, 6.45) is 0. The summed E-state index contributed by atoms with van der Waals surface area (Å²) < 4.78 is 0. The third-order valence-corrected chi connectivity index (χ3v) is 5.12. The van der Waals surface area contributed by atoms with Crippen molar-refractivity contribution in [2.45, 2.75) is 13.8 Å². The first-order valence-corrected chi connectivity index (χ1v) is 10.2. The molecule has 3 aromatic carbocycles. The lowest BCUT2D eigenvalue weighted by atomic mass is 10.0. The summed E-state index contributed by atoms with van der Waals surface area (Å²) in [6, 6.07) is 22.5. The van der Waals surface area contributed by atoms with Gasteiger partial charge in [-0.1, -0.05) is 24.3 Å². The maximum absolute atomic E-state index is 13.5. The maximum Gasteiger partial charge on any atom is 0.282 e. The molecule has 33 heavy (non-hydrogen) atoms. The highest BCUT2D eigenvalue weighted by Gasteiger charge is 2.40. The van der Waals surface area contributed by atoms with Crippen LogP contribution in [0.15, 0.2) is 78.5 Å². The number of nitrogens with zero attached hydrogens (tertiary/aromatic N) is 2. The highest BCUT2D eigenvalue weighted by atomic mass is 16.2. The van der Waals surface area contributed by atoms with E-state index in [9.17, 15) is 14.4 Å². The highest BCUT2D eigenvalue weighted by molar-refractivity contribution is 6.46. The van der Waals surface area contributed by atoms with Gasteiger partial charge in [0, 0.05) is 18.3 Å². The molecule has 0 radical (unpaired) electrons. The van der Waals surface area contributed by atoms with Crippen molar-refractivity contribution in [2.75, 3.05) is 15.5 Å². The zero-order valence-corrected chi connectivity index (χ0v) is 18.0. The van der Waals surface area contributed by atoms with Crippen molar-refractivity contribution in [3.05, 3.63) is 95.2 Å². The molecule has 3 amide bonds. The number of carbonyl (C=O) groups excluding carboxylic acids is 3. The molecule has 0 saturated carbocycles. The molecule has 0 spiro atoms. The van der Waals surface area contributed by atoms with Crippen LogP contribution in [-0.2, 0) is 14.4 Å². The van der Waals surface area contributed by atoms with Crippen molar-refractivity contribution in [3.63, 3.8) is 0 Å². The summed E-state index contributed by atoms with van der Waals surface area (Å²) in [4.78, 5) is 39.3. The van der Waals surface area contributed by atoms with Crippen LogP contribution in [0.5, 0.6) is 0 Å². The van der Waals surface area contributed by atoms with E-state index in [1.807, 2.05) is 37.3 Å². The molecule has 0 fully saturated rings. The zero-order valence-electron chi connectivity index (χ0n) is 18.0. The van der Waals surface area contributed by atoms with E-state index in [1.54, 1.807) is 48.5 Å². The van der Waals surface area contributed by atoms with Crippen molar-refractivity contribution >= 4 is 40.4 Å². The molecule has 1 aliphatic rings. The molecule has 2 N–H and O–H groups in total. The highest BCUT2D eigenvalue weighted by Crippen LogP contribution is 2.34. The Labute approximate surface area is 191 Å². The summed E-state index contributed by atoms with van der Waals surface area (Å²) >= 11 is 0. The fourth-order valence-electron chi connectivity index (χ4n) is 3.62. The number of nitriles is 1. The average Bonchev–Trinajstić information content (AvgIpc) is 3.03. The van der Waals surface area contributed by atoms with Gasteiger partial charge >= 0.3 is 0 Å². The Morgan fingerprint density at radius 3 is 2.21 bits per heavy atom. The molecule has 0 saturated heterocycles. The van der Waals surface area contributed by atoms with Gasteiger partial charge in [-0.25, -0.2) is 4.90 Å². The number of hydrogen-bond donors (Lipinski definition) is 2. The van der Waals surface area contributed by atoms with Gasteiger partial charge in [-0.3, -0.25) is 14.4 Å². The van der Waals surface area contributed by atoms with Crippen LogP contribution in [-0.4, -0.2) is 17.7 Å². The van der Waals surface area contributed by atoms with Crippen molar-refractivity contribution in [3.8, 4) is 6.07 Å². The number of nitrogens with one attached hydrogen (secondary N) is 2. The van der Waals surface area contributed by atoms with E-state index >= 15 is 0 Å². The maximum atomic E-state index is 13.5. The molecule has 4 rings (SSSR count). The third-order valence-electron chi connectivity index (χ3n) is 5.12. The fraction of sp³-hybridized carbons (Fsp3) is 0.0769. The molecule has 3 aromatic rings. The van der Waals surface area contributed by atoms with E-state index in [2.05, 4.69) is 10.6 Å². The summed E-state index contributed by atoms with van der Waals surface area (Å²) in [5, 5.41) is 14.9. The Morgan fingerprint density at radius 2 is 1.61 bits per heavy atom. The summed E-state index contributed by atoms with van der Waals surface area (Å²) in [5.74, 6) is -1.18. The van der Waals surface area contributed by atoms with Gasteiger partial charge in [0.2, 0.25) is 5.91 Å². The Morgan fingerprint density at radius 1 is 0.909 bits per heavy atom. The second-order valence-electron chi connectivity index (χ2n) is 7.61. The lowest BCUT2D eigenvalue weighted by molar-refractivity contribution is -0.120. The number of amides is 3. The fourth-order valence-corrected chi connectivity index (χ4v) is 3.62. The molecule has 1 heterocycles. The first-order chi connectivity index (χ1) is 15.9. The van der Waals surface area contributed by atoms with Crippen LogP contribution in [0.2, 0.25) is 0 Å². The molecule has 0 unspecified atom stereocenters. The Hall–Kier alpha value is -4.70. The minimum atomic E-state index is -0.493. The second kappa shape index (κ2) is 8.81. The molecule has 7 heteroatoms. The lowest BCUT2D eigenvalue weighted by Gasteiger charge is -2.15. The summed E-state index contributed by atoms with van der Waals surface area (Å²) in [6.45, 7) is 3.35. The molecule has 1 aliphatic heterocycles.